The minimum Gasteiger partial charge on any atom is -0.481 e. The lowest BCUT2D eigenvalue weighted by Crippen LogP contribution is -2.27. The number of rotatable bonds is 12. The summed E-state index contributed by atoms with van der Waals surface area (Å²) in [7, 11) is 1.62. The van der Waals surface area contributed by atoms with Gasteiger partial charge in [0.25, 0.3) is 5.91 Å². The number of carboxylic acids is 1. The fourth-order valence-electron chi connectivity index (χ4n) is 4.60. The predicted octanol–water partition coefficient (Wildman–Crippen LogP) is 3.95. The van der Waals surface area contributed by atoms with E-state index in [1.54, 1.807) is 31.3 Å². The topological polar surface area (TPSA) is 116 Å². The van der Waals surface area contributed by atoms with Gasteiger partial charge in [-0.15, -0.1) is 0 Å². The van der Waals surface area contributed by atoms with E-state index in [0.29, 0.717) is 17.0 Å². The van der Waals surface area contributed by atoms with Crippen molar-refractivity contribution in [1.82, 2.24) is 14.5 Å². The summed E-state index contributed by atoms with van der Waals surface area (Å²) in [5, 5.41) is 29.3. The van der Waals surface area contributed by atoms with Crippen LogP contribution in [0, 0.1) is 11.6 Å². The molecular formula is C28H31F2N3O5. The molecule has 0 spiro atoms. The van der Waals surface area contributed by atoms with Gasteiger partial charge in [0, 0.05) is 31.6 Å². The molecule has 1 heterocycles. The lowest BCUT2D eigenvalue weighted by Gasteiger charge is -2.19. The van der Waals surface area contributed by atoms with E-state index in [1.807, 2.05) is 4.57 Å². The maximum Gasteiger partial charge on any atom is 0.305 e. The fraction of sp³-hybridized carbons (Fsp3) is 0.393. The van der Waals surface area contributed by atoms with Gasteiger partial charge in [0.1, 0.15) is 17.5 Å². The van der Waals surface area contributed by atoms with Crippen molar-refractivity contribution >= 4 is 11.9 Å². The fourth-order valence-corrected chi connectivity index (χ4v) is 4.60. The number of aliphatic hydroxyl groups is 2. The molecule has 0 aliphatic heterocycles. The minimum atomic E-state index is -1.18. The van der Waals surface area contributed by atoms with Crippen LogP contribution in [-0.2, 0) is 17.9 Å². The van der Waals surface area contributed by atoms with Crippen LogP contribution >= 0.6 is 0 Å². The highest BCUT2D eigenvalue weighted by Crippen LogP contribution is 2.44. The van der Waals surface area contributed by atoms with E-state index in [1.165, 1.54) is 29.2 Å². The Morgan fingerprint density at radius 1 is 1.08 bits per heavy atom. The second-order valence-corrected chi connectivity index (χ2v) is 9.82. The Balaban J connectivity index is 1.64. The number of hydrogen-bond donors (Lipinski definition) is 3. The summed E-state index contributed by atoms with van der Waals surface area (Å²) in [5.41, 5.74) is 2.21. The number of halogens is 2. The van der Waals surface area contributed by atoms with Crippen molar-refractivity contribution in [2.24, 2.45) is 0 Å². The molecular weight excluding hydrogens is 496 g/mol. The predicted molar refractivity (Wildman–Crippen MR) is 135 cm³/mol. The number of imidazole rings is 1. The number of aliphatic carboxylic acids is 1. The zero-order valence-corrected chi connectivity index (χ0v) is 21.1. The zero-order valence-electron chi connectivity index (χ0n) is 21.1. The molecule has 3 N–H and O–H groups in total. The zero-order chi connectivity index (χ0) is 27.4. The number of hydrogen-bond acceptors (Lipinski definition) is 5. The summed E-state index contributed by atoms with van der Waals surface area (Å²) in [5.74, 6) is -1.75. The van der Waals surface area contributed by atoms with E-state index in [2.05, 4.69) is 0 Å². The van der Waals surface area contributed by atoms with Crippen molar-refractivity contribution < 1.29 is 33.7 Å². The first-order valence-corrected chi connectivity index (χ1v) is 12.6. The molecule has 2 atom stereocenters. The second-order valence-electron chi connectivity index (χ2n) is 9.82. The number of carbonyl (C=O) groups excluding carboxylic acids is 1. The molecule has 1 amide bonds. The molecule has 1 fully saturated rings. The van der Waals surface area contributed by atoms with Gasteiger partial charge in [0.05, 0.1) is 24.3 Å². The Kier molecular flexibility index (Phi) is 8.53. The van der Waals surface area contributed by atoms with E-state index in [0.717, 1.165) is 18.5 Å². The summed E-state index contributed by atoms with van der Waals surface area (Å²) in [4.78, 5) is 30.6. The maximum atomic E-state index is 13.7. The van der Waals surface area contributed by atoms with Gasteiger partial charge < -0.3 is 24.8 Å². The van der Waals surface area contributed by atoms with Crippen LogP contribution in [0.1, 0.15) is 59.8 Å². The summed E-state index contributed by atoms with van der Waals surface area (Å²) >= 11 is 0. The molecule has 0 unspecified atom stereocenters. The van der Waals surface area contributed by atoms with Crippen molar-refractivity contribution in [3.8, 4) is 11.4 Å². The van der Waals surface area contributed by atoms with E-state index in [-0.39, 0.29) is 43.5 Å². The van der Waals surface area contributed by atoms with Crippen LogP contribution in [0.25, 0.3) is 11.4 Å². The molecule has 1 aliphatic rings. The molecule has 1 saturated carbocycles. The first kappa shape index (κ1) is 27.4. The Morgan fingerprint density at radius 3 is 2.42 bits per heavy atom. The van der Waals surface area contributed by atoms with Gasteiger partial charge in [-0.05, 0) is 67.6 Å². The second kappa shape index (κ2) is 11.8. The van der Waals surface area contributed by atoms with Gasteiger partial charge in [0.2, 0.25) is 0 Å². The Morgan fingerprint density at radius 2 is 1.79 bits per heavy atom. The van der Waals surface area contributed by atoms with E-state index < -0.39 is 36.2 Å². The molecule has 1 aliphatic carbocycles. The molecule has 38 heavy (non-hydrogen) atoms. The first-order chi connectivity index (χ1) is 18.1. The lowest BCUT2D eigenvalue weighted by molar-refractivity contribution is -0.139. The van der Waals surface area contributed by atoms with Crippen molar-refractivity contribution in [3.63, 3.8) is 0 Å². The lowest BCUT2D eigenvalue weighted by atomic mass is 10.1. The van der Waals surface area contributed by atoms with Gasteiger partial charge in [-0.25, -0.2) is 13.8 Å². The van der Waals surface area contributed by atoms with Gasteiger partial charge in [-0.1, -0.05) is 12.1 Å². The minimum absolute atomic E-state index is 0.0907. The SMILES string of the molecule is CN(Cc1cccc(F)c1)C(=O)c1nc(-c2ccc(F)cc2)n(CC[C@@H](O)C[C@@H](O)CC(=O)O)c1C1CC1. The molecule has 4 rings (SSSR count). The molecule has 3 aromatic rings. The Labute approximate surface area is 219 Å². The van der Waals surface area contributed by atoms with Crippen molar-refractivity contribution in [2.75, 3.05) is 7.05 Å². The average Bonchev–Trinajstić information content (AvgIpc) is 3.62. The number of nitrogens with zero attached hydrogens (tertiary/aromatic N) is 3. The van der Waals surface area contributed by atoms with Crippen molar-refractivity contribution in [1.29, 1.82) is 0 Å². The third-order valence-electron chi connectivity index (χ3n) is 6.57. The highest BCUT2D eigenvalue weighted by Gasteiger charge is 2.36. The van der Waals surface area contributed by atoms with Crippen LogP contribution in [0.3, 0.4) is 0 Å². The van der Waals surface area contributed by atoms with Crippen LogP contribution in [0.5, 0.6) is 0 Å². The van der Waals surface area contributed by atoms with Crippen LogP contribution in [0.4, 0.5) is 8.78 Å². The summed E-state index contributed by atoms with van der Waals surface area (Å²) in [6, 6.07) is 11.8. The molecule has 0 bridgehead atoms. The highest BCUT2D eigenvalue weighted by atomic mass is 19.1. The molecule has 8 nitrogen and oxygen atoms in total. The Bertz CT molecular complexity index is 1290. The normalized spacial score (nSPS) is 14.8. The Hall–Kier alpha value is -3.63. The largest absolute Gasteiger partial charge is 0.481 e. The van der Waals surface area contributed by atoms with E-state index in [9.17, 15) is 28.6 Å². The maximum absolute atomic E-state index is 13.7. The monoisotopic (exact) mass is 527 g/mol. The molecule has 1 aromatic heterocycles. The number of amides is 1. The van der Waals surface area contributed by atoms with Gasteiger partial charge in [0.15, 0.2) is 5.69 Å². The molecule has 2 aromatic carbocycles. The van der Waals surface area contributed by atoms with Crippen molar-refractivity contribution in [2.45, 2.75) is 63.3 Å². The van der Waals surface area contributed by atoms with Crippen molar-refractivity contribution in [3.05, 3.63) is 77.1 Å². The van der Waals surface area contributed by atoms with E-state index >= 15 is 0 Å². The van der Waals surface area contributed by atoms with Crippen LogP contribution in [-0.4, -0.2) is 60.9 Å². The third kappa shape index (κ3) is 6.81. The van der Waals surface area contributed by atoms with Crippen LogP contribution in [0.2, 0.25) is 0 Å². The highest BCUT2D eigenvalue weighted by molar-refractivity contribution is 5.94. The van der Waals surface area contributed by atoms with Gasteiger partial charge >= 0.3 is 5.97 Å². The third-order valence-corrected chi connectivity index (χ3v) is 6.57. The summed E-state index contributed by atoms with van der Waals surface area (Å²) < 4.78 is 29.2. The van der Waals surface area contributed by atoms with Crippen LogP contribution < -0.4 is 0 Å². The molecule has 0 radical (unpaired) electrons. The summed E-state index contributed by atoms with van der Waals surface area (Å²) in [6.07, 6.45) is -0.813. The quantitative estimate of drug-likeness (QED) is 0.329. The smallest absolute Gasteiger partial charge is 0.305 e. The first-order valence-electron chi connectivity index (χ1n) is 12.6. The summed E-state index contributed by atoms with van der Waals surface area (Å²) in [6.45, 7) is 0.438. The number of aromatic nitrogens is 2. The average molecular weight is 528 g/mol. The molecule has 202 valence electrons. The number of carbonyl (C=O) groups is 2. The van der Waals surface area contributed by atoms with E-state index in [4.69, 9.17) is 10.1 Å². The van der Waals surface area contributed by atoms with Gasteiger partial charge in [-0.2, -0.15) is 0 Å². The number of benzene rings is 2. The number of aliphatic hydroxyl groups excluding tert-OH is 2. The molecule has 10 heteroatoms. The van der Waals surface area contributed by atoms with Crippen LogP contribution in [0.15, 0.2) is 48.5 Å². The van der Waals surface area contributed by atoms with Gasteiger partial charge in [-0.3, -0.25) is 9.59 Å². The standard InChI is InChI=1S/C28H31F2N3O5/c1-32(16-17-3-2-4-21(30)13-17)28(38)25-26(18-5-6-18)33(12-11-22(34)14-23(35)15-24(36)37)27(31-25)19-7-9-20(29)10-8-19/h2-4,7-10,13,18,22-23,34-35H,5-6,11-12,14-16H2,1H3,(H,36,37)/t22-,23-/m1/s1. The molecule has 0 saturated heterocycles. The number of carboxylic acid groups (broad SMARTS) is 1.